The van der Waals surface area contributed by atoms with E-state index in [1.165, 1.54) is 7.11 Å². The molecule has 0 unspecified atom stereocenters. The fraction of sp³-hybridized carbons (Fsp3) is 0.550. The minimum absolute atomic E-state index is 0.123. The summed E-state index contributed by atoms with van der Waals surface area (Å²) in [5.74, 6) is -1.50. The molecule has 0 heterocycles. The van der Waals surface area contributed by atoms with E-state index in [9.17, 15) is 14.4 Å². The van der Waals surface area contributed by atoms with Crippen molar-refractivity contribution < 1.29 is 28.6 Å². The molecule has 1 rings (SSSR count). The average molecular weight is 379 g/mol. The van der Waals surface area contributed by atoms with Gasteiger partial charge in [-0.2, -0.15) is 0 Å². The first kappa shape index (κ1) is 22.6. The molecule has 0 aliphatic heterocycles. The monoisotopic (exact) mass is 379 g/mol. The van der Waals surface area contributed by atoms with Crippen molar-refractivity contribution in [2.75, 3.05) is 13.7 Å². The standard InChI is InChI=1S/C20H29NO6/c1-13(2)10-17(20(24)25-5)21-18(22)12-27-19(23)16-8-6-15(7-9-16)11-26-14(3)4/h6-9,13-14,17H,10-12H2,1-5H3,(H,21,22)/t17-/m0/s1. The fourth-order valence-electron chi connectivity index (χ4n) is 2.28. The maximum atomic E-state index is 12.1. The number of amides is 1. The number of esters is 2. The number of rotatable bonds is 10. The average Bonchev–Trinajstić information content (AvgIpc) is 2.63. The van der Waals surface area contributed by atoms with Gasteiger partial charge in [-0.25, -0.2) is 9.59 Å². The van der Waals surface area contributed by atoms with E-state index in [1.54, 1.807) is 24.3 Å². The fourth-order valence-corrected chi connectivity index (χ4v) is 2.28. The topological polar surface area (TPSA) is 90.9 Å². The molecule has 1 aromatic carbocycles. The molecule has 0 saturated heterocycles. The Bertz CT molecular complexity index is 624. The van der Waals surface area contributed by atoms with Gasteiger partial charge in [0.25, 0.3) is 5.91 Å². The van der Waals surface area contributed by atoms with Gasteiger partial charge in [0, 0.05) is 0 Å². The molecule has 150 valence electrons. The molecule has 1 N–H and O–H groups in total. The van der Waals surface area contributed by atoms with Crippen molar-refractivity contribution in [3.05, 3.63) is 35.4 Å². The second-order valence-electron chi connectivity index (χ2n) is 6.91. The van der Waals surface area contributed by atoms with E-state index in [0.29, 0.717) is 18.6 Å². The zero-order valence-electron chi connectivity index (χ0n) is 16.6. The summed E-state index contributed by atoms with van der Waals surface area (Å²) >= 11 is 0. The number of carbonyl (C=O) groups excluding carboxylic acids is 3. The summed E-state index contributed by atoms with van der Waals surface area (Å²) in [7, 11) is 1.26. The number of hydrogen-bond acceptors (Lipinski definition) is 6. The van der Waals surface area contributed by atoms with E-state index in [0.717, 1.165) is 5.56 Å². The van der Waals surface area contributed by atoms with Crippen LogP contribution in [0, 0.1) is 5.92 Å². The summed E-state index contributed by atoms with van der Waals surface area (Å²) in [5.41, 5.74) is 1.27. The molecule has 0 aliphatic carbocycles. The predicted octanol–water partition coefficient (Wildman–Crippen LogP) is 2.47. The quantitative estimate of drug-likeness (QED) is 0.628. The van der Waals surface area contributed by atoms with E-state index in [4.69, 9.17) is 9.47 Å². The molecule has 0 radical (unpaired) electrons. The summed E-state index contributed by atoms with van der Waals surface area (Å²) < 4.78 is 15.2. The van der Waals surface area contributed by atoms with Crippen LogP contribution < -0.4 is 5.32 Å². The Morgan fingerprint density at radius 1 is 1.04 bits per heavy atom. The molecule has 0 aromatic heterocycles. The number of hydrogen-bond donors (Lipinski definition) is 1. The van der Waals surface area contributed by atoms with Crippen molar-refractivity contribution in [1.29, 1.82) is 0 Å². The molecule has 0 fully saturated rings. The van der Waals surface area contributed by atoms with Crippen LogP contribution in [-0.2, 0) is 30.4 Å². The zero-order chi connectivity index (χ0) is 20.4. The van der Waals surface area contributed by atoms with Crippen LogP contribution in [0.25, 0.3) is 0 Å². The highest BCUT2D eigenvalue weighted by atomic mass is 16.5. The van der Waals surface area contributed by atoms with Gasteiger partial charge in [0.1, 0.15) is 6.04 Å². The van der Waals surface area contributed by atoms with Crippen molar-refractivity contribution in [3.63, 3.8) is 0 Å². The van der Waals surface area contributed by atoms with Crippen molar-refractivity contribution in [2.45, 2.75) is 52.9 Å². The van der Waals surface area contributed by atoms with Gasteiger partial charge >= 0.3 is 11.9 Å². The molecule has 27 heavy (non-hydrogen) atoms. The molecule has 0 aliphatic rings. The Morgan fingerprint density at radius 2 is 1.67 bits per heavy atom. The molecule has 0 spiro atoms. The molecule has 7 nitrogen and oxygen atoms in total. The number of carbonyl (C=O) groups is 3. The van der Waals surface area contributed by atoms with Crippen molar-refractivity contribution in [3.8, 4) is 0 Å². The lowest BCUT2D eigenvalue weighted by molar-refractivity contribution is -0.145. The van der Waals surface area contributed by atoms with E-state index in [2.05, 4.69) is 10.1 Å². The normalized spacial score (nSPS) is 12.0. The lowest BCUT2D eigenvalue weighted by Gasteiger charge is -2.18. The molecule has 7 heteroatoms. The van der Waals surface area contributed by atoms with Crippen LogP contribution in [0.2, 0.25) is 0 Å². The minimum atomic E-state index is -0.763. The van der Waals surface area contributed by atoms with Crippen LogP contribution in [0.1, 0.15) is 50.0 Å². The highest BCUT2D eigenvalue weighted by Crippen LogP contribution is 2.09. The van der Waals surface area contributed by atoms with Gasteiger partial charge in [0.2, 0.25) is 0 Å². The van der Waals surface area contributed by atoms with Crippen LogP contribution in [0.3, 0.4) is 0 Å². The van der Waals surface area contributed by atoms with Crippen molar-refractivity contribution in [1.82, 2.24) is 5.32 Å². The molecular weight excluding hydrogens is 350 g/mol. The Kier molecular flexibility index (Phi) is 9.50. The van der Waals surface area contributed by atoms with E-state index < -0.39 is 30.5 Å². The Labute approximate surface area is 160 Å². The van der Waals surface area contributed by atoms with Gasteiger partial charge in [-0.05, 0) is 43.9 Å². The summed E-state index contributed by atoms with van der Waals surface area (Å²) in [6.07, 6.45) is 0.560. The third-order valence-electron chi connectivity index (χ3n) is 3.64. The number of benzene rings is 1. The molecule has 0 bridgehead atoms. The first-order chi connectivity index (χ1) is 12.7. The zero-order valence-corrected chi connectivity index (χ0v) is 16.6. The highest BCUT2D eigenvalue weighted by Gasteiger charge is 2.23. The Morgan fingerprint density at radius 3 is 2.19 bits per heavy atom. The number of methoxy groups -OCH3 is 1. The lowest BCUT2D eigenvalue weighted by Crippen LogP contribution is -2.44. The van der Waals surface area contributed by atoms with E-state index in [-0.39, 0.29) is 12.0 Å². The van der Waals surface area contributed by atoms with Gasteiger partial charge in [-0.1, -0.05) is 26.0 Å². The van der Waals surface area contributed by atoms with Gasteiger partial charge in [0.05, 0.1) is 25.4 Å². The van der Waals surface area contributed by atoms with Crippen molar-refractivity contribution >= 4 is 17.8 Å². The van der Waals surface area contributed by atoms with E-state index in [1.807, 2.05) is 27.7 Å². The summed E-state index contributed by atoms with van der Waals surface area (Å²) in [5, 5.41) is 2.54. The maximum Gasteiger partial charge on any atom is 0.338 e. The first-order valence-corrected chi connectivity index (χ1v) is 8.97. The SMILES string of the molecule is COC(=O)[C@H](CC(C)C)NC(=O)COC(=O)c1ccc(COC(C)C)cc1. The van der Waals surface area contributed by atoms with Crippen LogP contribution >= 0.6 is 0 Å². The van der Waals surface area contributed by atoms with Crippen LogP contribution in [0.15, 0.2) is 24.3 Å². The first-order valence-electron chi connectivity index (χ1n) is 8.97. The third-order valence-corrected chi connectivity index (χ3v) is 3.64. The molecule has 1 amide bonds. The van der Waals surface area contributed by atoms with Gasteiger partial charge in [-0.15, -0.1) is 0 Å². The smallest absolute Gasteiger partial charge is 0.338 e. The summed E-state index contributed by atoms with van der Waals surface area (Å²) in [6, 6.07) is 6.02. The molecule has 0 saturated carbocycles. The predicted molar refractivity (Wildman–Crippen MR) is 100 cm³/mol. The third kappa shape index (κ3) is 8.68. The lowest BCUT2D eigenvalue weighted by atomic mass is 10.0. The van der Waals surface area contributed by atoms with E-state index >= 15 is 0 Å². The molecule has 1 atom stereocenters. The number of nitrogens with one attached hydrogen (secondary N) is 1. The van der Waals surface area contributed by atoms with Crippen molar-refractivity contribution in [2.24, 2.45) is 5.92 Å². The van der Waals surface area contributed by atoms with Crippen LogP contribution in [0.4, 0.5) is 0 Å². The molecular formula is C20H29NO6. The largest absolute Gasteiger partial charge is 0.467 e. The second kappa shape index (κ2) is 11.3. The van der Waals surface area contributed by atoms with Crippen LogP contribution in [-0.4, -0.2) is 43.7 Å². The summed E-state index contributed by atoms with van der Waals surface area (Å²) in [4.78, 5) is 35.8. The van der Waals surface area contributed by atoms with Gasteiger partial charge in [-0.3, -0.25) is 4.79 Å². The number of ether oxygens (including phenoxy) is 3. The highest BCUT2D eigenvalue weighted by molar-refractivity contribution is 5.92. The van der Waals surface area contributed by atoms with Gasteiger partial charge < -0.3 is 19.5 Å². The second-order valence-corrected chi connectivity index (χ2v) is 6.91. The maximum absolute atomic E-state index is 12.1. The molecule has 1 aromatic rings. The summed E-state index contributed by atoms with van der Waals surface area (Å²) in [6.45, 7) is 7.74. The minimum Gasteiger partial charge on any atom is -0.467 e. The Hall–Kier alpha value is -2.41. The van der Waals surface area contributed by atoms with Crippen LogP contribution in [0.5, 0.6) is 0 Å². The Balaban J connectivity index is 2.52. The van der Waals surface area contributed by atoms with Gasteiger partial charge in [0.15, 0.2) is 6.61 Å².